The van der Waals surface area contributed by atoms with Crippen molar-refractivity contribution >= 4 is 16.6 Å². The molecule has 1 aromatic heterocycles. The number of rotatable bonds is 2. The van der Waals surface area contributed by atoms with Gasteiger partial charge in [-0.2, -0.15) is 0 Å². The minimum Gasteiger partial charge on any atom is -0.370 e. The number of aromatic nitrogens is 1. The molecule has 1 saturated heterocycles. The first kappa shape index (κ1) is 12.4. The Bertz CT molecular complexity index is 552. The Morgan fingerprint density at radius 2 is 2.26 bits per heavy atom. The summed E-state index contributed by atoms with van der Waals surface area (Å²) in [6.45, 7) is 5.55. The monoisotopic (exact) mass is 255 g/mol. The Hall–Kier alpha value is -1.61. The molecule has 0 spiro atoms. The Morgan fingerprint density at radius 1 is 1.32 bits per heavy atom. The van der Waals surface area contributed by atoms with Gasteiger partial charge in [0.25, 0.3) is 0 Å². The first-order valence-corrected chi connectivity index (χ1v) is 7.20. The Kier molecular flexibility index (Phi) is 3.65. The molecule has 0 bridgehead atoms. The van der Waals surface area contributed by atoms with E-state index in [1.807, 2.05) is 12.3 Å². The summed E-state index contributed by atoms with van der Waals surface area (Å²) < 4.78 is 0. The number of hydrogen-bond donors (Lipinski definition) is 1. The van der Waals surface area contributed by atoms with Crippen LogP contribution in [0, 0.1) is 0 Å². The fourth-order valence-electron chi connectivity index (χ4n) is 2.80. The molecular formula is C16H21N3. The largest absolute Gasteiger partial charge is 0.370 e. The molecule has 0 amide bonds. The summed E-state index contributed by atoms with van der Waals surface area (Å²) in [5, 5.41) is 4.84. The first-order chi connectivity index (χ1) is 9.36. The zero-order valence-corrected chi connectivity index (χ0v) is 11.5. The summed E-state index contributed by atoms with van der Waals surface area (Å²) in [6, 6.07) is 11.4. The highest BCUT2D eigenvalue weighted by atomic mass is 15.2. The van der Waals surface area contributed by atoms with Gasteiger partial charge in [0.15, 0.2) is 0 Å². The van der Waals surface area contributed by atoms with Gasteiger partial charge in [0.1, 0.15) is 0 Å². The van der Waals surface area contributed by atoms with Crippen molar-refractivity contribution < 1.29 is 0 Å². The van der Waals surface area contributed by atoms with Crippen molar-refractivity contribution in [2.45, 2.75) is 25.8 Å². The lowest BCUT2D eigenvalue weighted by molar-refractivity contribution is 0.510. The molecule has 2 aromatic rings. The van der Waals surface area contributed by atoms with Gasteiger partial charge in [-0.15, -0.1) is 0 Å². The minimum absolute atomic E-state index is 0.673. The molecule has 1 unspecified atom stereocenters. The zero-order chi connectivity index (χ0) is 13.1. The lowest BCUT2D eigenvalue weighted by Gasteiger charge is -2.22. The van der Waals surface area contributed by atoms with Crippen LogP contribution in [0.25, 0.3) is 10.9 Å². The van der Waals surface area contributed by atoms with Crippen molar-refractivity contribution in [3.63, 3.8) is 0 Å². The molecule has 3 heteroatoms. The molecule has 1 N–H and O–H groups in total. The van der Waals surface area contributed by atoms with Crippen LogP contribution in [0.5, 0.6) is 0 Å². The molecule has 0 aliphatic carbocycles. The average Bonchev–Trinajstić information content (AvgIpc) is 2.72. The molecule has 19 heavy (non-hydrogen) atoms. The van der Waals surface area contributed by atoms with Gasteiger partial charge in [-0.05, 0) is 37.1 Å². The maximum atomic E-state index is 4.38. The van der Waals surface area contributed by atoms with Gasteiger partial charge in [0.05, 0.1) is 5.52 Å². The van der Waals surface area contributed by atoms with E-state index < -0.39 is 0 Å². The Morgan fingerprint density at radius 3 is 3.16 bits per heavy atom. The van der Waals surface area contributed by atoms with Crippen molar-refractivity contribution in [3.8, 4) is 0 Å². The first-order valence-electron chi connectivity index (χ1n) is 7.20. The van der Waals surface area contributed by atoms with E-state index in [0.29, 0.717) is 6.04 Å². The van der Waals surface area contributed by atoms with Crippen LogP contribution in [-0.4, -0.2) is 30.7 Å². The van der Waals surface area contributed by atoms with Crippen LogP contribution in [0.2, 0.25) is 0 Å². The Labute approximate surface area is 114 Å². The van der Waals surface area contributed by atoms with Crippen molar-refractivity contribution in [1.29, 1.82) is 0 Å². The van der Waals surface area contributed by atoms with E-state index in [4.69, 9.17) is 0 Å². The van der Waals surface area contributed by atoms with Gasteiger partial charge in [-0.3, -0.25) is 4.98 Å². The highest BCUT2D eigenvalue weighted by Gasteiger charge is 2.15. The molecule has 3 rings (SSSR count). The van der Waals surface area contributed by atoms with Gasteiger partial charge in [-0.1, -0.05) is 13.0 Å². The van der Waals surface area contributed by atoms with E-state index in [0.717, 1.165) is 25.2 Å². The zero-order valence-electron chi connectivity index (χ0n) is 11.5. The highest BCUT2D eigenvalue weighted by Crippen LogP contribution is 2.22. The lowest BCUT2D eigenvalue weighted by atomic mass is 10.1. The summed E-state index contributed by atoms with van der Waals surface area (Å²) >= 11 is 0. The number of anilines is 1. The number of nitrogens with zero attached hydrogens (tertiary/aromatic N) is 2. The van der Waals surface area contributed by atoms with E-state index in [9.17, 15) is 0 Å². The van der Waals surface area contributed by atoms with E-state index in [1.165, 1.54) is 23.9 Å². The van der Waals surface area contributed by atoms with E-state index in [1.54, 1.807) is 0 Å². The summed E-state index contributed by atoms with van der Waals surface area (Å²) in [5.74, 6) is 0. The van der Waals surface area contributed by atoms with Crippen molar-refractivity contribution in [2.24, 2.45) is 0 Å². The molecule has 3 nitrogen and oxygen atoms in total. The summed E-state index contributed by atoms with van der Waals surface area (Å²) in [6.07, 6.45) is 4.29. The Balaban J connectivity index is 1.83. The number of fused-ring (bicyclic) bond motifs is 1. The second-order valence-corrected chi connectivity index (χ2v) is 5.22. The van der Waals surface area contributed by atoms with Crippen LogP contribution in [-0.2, 0) is 0 Å². The predicted octanol–water partition coefficient (Wildman–Crippen LogP) is 2.81. The van der Waals surface area contributed by atoms with Gasteiger partial charge >= 0.3 is 0 Å². The maximum absolute atomic E-state index is 4.38. The molecular weight excluding hydrogens is 234 g/mol. The highest BCUT2D eigenvalue weighted by molar-refractivity contribution is 5.82. The molecule has 1 aliphatic heterocycles. The van der Waals surface area contributed by atoms with Crippen molar-refractivity contribution in [3.05, 3.63) is 36.5 Å². The number of nitrogens with one attached hydrogen (secondary N) is 1. The summed E-state index contributed by atoms with van der Waals surface area (Å²) in [4.78, 5) is 6.86. The van der Waals surface area contributed by atoms with Crippen molar-refractivity contribution in [2.75, 3.05) is 24.5 Å². The molecule has 1 fully saturated rings. The minimum atomic E-state index is 0.673. The lowest BCUT2D eigenvalue weighted by Crippen LogP contribution is -2.29. The van der Waals surface area contributed by atoms with Crippen LogP contribution in [0.15, 0.2) is 36.5 Å². The predicted molar refractivity (Wildman–Crippen MR) is 80.7 cm³/mol. The van der Waals surface area contributed by atoms with Crippen LogP contribution in [0.4, 0.5) is 5.69 Å². The molecule has 2 heterocycles. The molecule has 100 valence electrons. The molecule has 0 radical (unpaired) electrons. The van der Waals surface area contributed by atoms with E-state index >= 15 is 0 Å². The fourth-order valence-corrected chi connectivity index (χ4v) is 2.80. The molecule has 1 aliphatic rings. The third-order valence-electron chi connectivity index (χ3n) is 4.01. The van der Waals surface area contributed by atoms with Crippen LogP contribution >= 0.6 is 0 Å². The maximum Gasteiger partial charge on any atom is 0.0703 e. The summed E-state index contributed by atoms with van der Waals surface area (Å²) in [7, 11) is 0. The second kappa shape index (κ2) is 5.57. The SMILES string of the molecule is CCC1CCN(c2ccc3ncccc3c2)CCN1. The van der Waals surface area contributed by atoms with Gasteiger partial charge in [0.2, 0.25) is 0 Å². The van der Waals surface area contributed by atoms with E-state index in [2.05, 4.69) is 46.4 Å². The van der Waals surface area contributed by atoms with Crippen LogP contribution in [0.3, 0.4) is 0 Å². The van der Waals surface area contributed by atoms with Crippen LogP contribution < -0.4 is 10.2 Å². The summed E-state index contributed by atoms with van der Waals surface area (Å²) in [5.41, 5.74) is 2.39. The normalized spacial score (nSPS) is 20.5. The van der Waals surface area contributed by atoms with Gasteiger partial charge in [0, 0.05) is 42.9 Å². The quantitative estimate of drug-likeness (QED) is 0.894. The molecule has 1 aromatic carbocycles. The number of pyridine rings is 1. The van der Waals surface area contributed by atoms with E-state index in [-0.39, 0.29) is 0 Å². The second-order valence-electron chi connectivity index (χ2n) is 5.22. The van der Waals surface area contributed by atoms with Gasteiger partial charge < -0.3 is 10.2 Å². The smallest absolute Gasteiger partial charge is 0.0703 e. The van der Waals surface area contributed by atoms with Crippen LogP contribution in [0.1, 0.15) is 19.8 Å². The topological polar surface area (TPSA) is 28.2 Å². The third-order valence-corrected chi connectivity index (χ3v) is 4.01. The van der Waals surface area contributed by atoms with Crippen molar-refractivity contribution in [1.82, 2.24) is 10.3 Å². The van der Waals surface area contributed by atoms with Gasteiger partial charge in [-0.25, -0.2) is 0 Å². The third kappa shape index (κ3) is 2.71. The number of benzene rings is 1. The molecule has 0 saturated carbocycles. The standard InChI is InChI=1S/C16H21N3/c1-2-14-7-10-19(11-9-17-14)15-5-6-16-13(12-15)4-3-8-18-16/h3-6,8,12,14,17H,2,7,9-11H2,1H3. The number of hydrogen-bond acceptors (Lipinski definition) is 3. The fraction of sp³-hybridized carbons (Fsp3) is 0.438. The molecule has 1 atom stereocenters. The average molecular weight is 255 g/mol.